The number of halogens is 4. The maximum absolute atomic E-state index is 13.3. The molecule has 0 fully saturated rings. The van der Waals surface area contributed by atoms with E-state index >= 15 is 0 Å². The summed E-state index contributed by atoms with van der Waals surface area (Å²) in [4.78, 5) is 0. The van der Waals surface area contributed by atoms with Crippen LogP contribution in [0.1, 0.15) is 16.7 Å². The Kier molecular flexibility index (Phi) is 3.97. The van der Waals surface area contributed by atoms with Crippen LogP contribution in [0.25, 0.3) is 0 Å². The average Bonchev–Trinajstić information content (AvgIpc) is 2.40. The zero-order valence-corrected chi connectivity index (χ0v) is 10.8. The highest BCUT2D eigenvalue weighted by Crippen LogP contribution is 2.29. The Morgan fingerprint density at radius 2 is 1.75 bits per heavy atom. The number of hydrogen-bond acceptors (Lipinski definition) is 1. The Morgan fingerprint density at radius 1 is 1.05 bits per heavy atom. The second-order valence-electron chi connectivity index (χ2n) is 4.46. The van der Waals surface area contributed by atoms with Crippen molar-refractivity contribution in [3.8, 4) is 0 Å². The number of benzene rings is 2. The summed E-state index contributed by atoms with van der Waals surface area (Å²) in [5, 5.41) is 2.94. The van der Waals surface area contributed by atoms with E-state index in [0.29, 0.717) is 16.8 Å². The van der Waals surface area contributed by atoms with Crippen LogP contribution in [0.5, 0.6) is 0 Å². The number of rotatable bonds is 3. The molecule has 0 aliphatic carbocycles. The Morgan fingerprint density at radius 3 is 2.45 bits per heavy atom. The molecule has 5 heteroatoms. The van der Waals surface area contributed by atoms with E-state index in [0.717, 1.165) is 12.1 Å². The lowest BCUT2D eigenvalue weighted by atomic mass is 10.1. The van der Waals surface area contributed by atoms with Gasteiger partial charge in [-0.25, -0.2) is 4.39 Å². The molecule has 0 amide bonds. The maximum atomic E-state index is 13.3. The molecule has 106 valence electrons. The molecule has 0 bridgehead atoms. The van der Waals surface area contributed by atoms with Gasteiger partial charge in [-0.1, -0.05) is 18.2 Å². The Bertz CT molecular complexity index is 605. The molecule has 0 aliphatic heterocycles. The molecule has 0 saturated carbocycles. The van der Waals surface area contributed by atoms with Crippen LogP contribution in [0.4, 0.5) is 23.2 Å². The quantitative estimate of drug-likeness (QED) is 0.800. The fourth-order valence-corrected chi connectivity index (χ4v) is 1.85. The van der Waals surface area contributed by atoms with Crippen molar-refractivity contribution in [2.45, 2.75) is 19.6 Å². The van der Waals surface area contributed by atoms with Crippen molar-refractivity contribution in [3.05, 3.63) is 65.0 Å². The van der Waals surface area contributed by atoms with Crippen molar-refractivity contribution in [2.75, 3.05) is 5.32 Å². The monoisotopic (exact) mass is 283 g/mol. The van der Waals surface area contributed by atoms with E-state index in [2.05, 4.69) is 5.32 Å². The Labute approximate surface area is 114 Å². The fourth-order valence-electron chi connectivity index (χ4n) is 1.85. The lowest BCUT2D eigenvalue weighted by Gasteiger charge is -2.12. The third-order valence-electron chi connectivity index (χ3n) is 3.00. The topological polar surface area (TPSA) is 12.0 Å². The Hall–Kier alpha value is -2.04. The molecular weight excluding hydrogens is 270 g/mol. The van der Waals surface area contributed by atoms with Crippen molar-refractivity contribution >= 4 is 5.69 Å². The van der Waals surface area contributed by atoms with Crippen LogP contribution in [0.3, 0.4) is 0 Å². The third kappa shape index (κ3) is 3.29. The zero-order chi connectivity index (χ0) is 14.8. The van der Waals surface area contributed by atoms with Gasteiger partial charge in [0.25, 0.3) is 0 Å². The number of nitrogens with one attached hydrogen (secondary N) is 1. The molecule has 0 aliphatic rings. The molecule has 0 saturated heterocycles. The first-order valence-electron chi connectivity index (χ1n) is 6.03. The SMILES string of the molecule is Cc1c(F)cccc1NCc1cccc(C(F)(F)F)c1. The minimum Gasteiger partial charge on any atom is -0.381 e. The molecule has 0 atom stereocenters. The Balaban J connectivity index is 2.13. The molecule has 2 aromatic rings. The van der Waals surface area contributed by atoms with Crippen molar-refractivity contribution in [1.29, 1.82) is 0 Å². The van der Waals surface area contributed by atoms with Gasteiger partial charge in [0.2, 0.25) is 0 Å². The lowest BCUT2D eigenvalue weighted by Crippen LogP contribution is -2.07. The molecular formula is C15H13F4N. The van der Waals surface area contributed by atoms with E-state index in [9.17, 15) is 17.6 Å². The van der Waals surface area contributed by atoms with Crippen LogP contribution in [0, 0.1) is 12.7 Å². The van der Waals surface area contributed by atoms with Gasteiger partial charge in [-0.2, -0.15) is 13.2 Å². The average molecular weight is 283 g/mol. The van der Waals surface area contributed by atoms with Crippen molar-refractivity contribution < 1.29 is 17.6 Å². The lowest BCUT2D eigenvalue weighted by molar-refractivity contribution is -0.137. The van der Waals surface area contributed by atoms with Crippen LogP contribution < -0.4 is 5.32 Å². The van der Waals surface area contributed by atoms with Gasteiger partial charge < -0.3 is 5.32 Å². The van der Waals surface area contributed by atoms with Crippen molar-refractivity contribution in [2.24, 2.45) is 0 Å². The second kappa shape index (κ2) is 5.53. The van der Waals surface area contributed by atoms with Gasteiger partial charge in [0, 0.05) is 17.8 Å². The molecule has 0 heterocycles. The van der Waals surface area contributed by atoms with E-state index in [1.54, 1.807) is 25.1 Å². The molecule has 20 heavy (non-hydrogen) atoms. The van der Waals surface area contributed by atoms with Gasteiger partial charge in [0.05, 0.1) is 5.56 Å². The van der Waals surface area contributed by atoms with E-state index in [-0.39, 0.29) is 12.4 Å². The fraction of sp³-hybridized carbons (Fsp3) is 0.200. The first-order valence-corrected chi connectivity index (χ1v) is 6.03. The van der Waals surface area contributed by atoms with Gasteiger partial charge in [-0.3, -0.25) is 0 Å². The molecule has 0 aromatic heterocycles. The van der Waals surface area contributed by atoms with E-state index < -0.39 is 11.7 Å². The van der Waals surface area contributed by atoms with Gasteiger partial charge in [0.1, 0.15) is 5.82 Å². The number of hydrogen-bond donors (Lipinski definition) is 1. The summed E-state index contributed by atoms with van der Waals surface area (Å²) < 4.78 is 51.1. The molecule has 0 spiro atoms. The van der Waals surface area contributed by atoms with Crippen LogP contribution in [0.15, 0.2) is 42.5 Å². The second-order valence-corrected chi connectivity index (χ2v) is 4.46. The summed E-state index contributed by atoms with van der Waals surface area (Å²) in [6.45, 7) is 1.82. The number of anilines is 1. The highest BCUT2D eigenvalue weighted by Gasteiger charge is 2.30. The first kappa shape index (κ1) is 14.4. The smallest absolute Gasteiger partial charge is 0.381 e. The molecule has 1 nitrogen and oxygen atoms in total. The summed E-state index contributed by atoms with van der Waals surface area (Å²) >= 11 is 0. The highest BCUT2D eigenvalue weighted by atomic mass is 19.4. The predicted octanol–water partition coefficient (Wildman–Crippen LogP) is 4.77. The van der Waals surface area contributed by atoms with E-state index in [1.807, 2.05) is 0 Å². The molecule has 0 unspecified atom stereocenters. The van der Waals surface area contributed by atoms with E-state index in [4.69, 9.17) is 0 Å². The predicted molar refractivity (Wildman–Crippen MR) is 69.9 cm³/mol. The van der Waals surface area contributed by atoms with Crippen LogP contribution in [-0.2, 0) is 12.7 Å². The summed E-state index contributed by atoms with van der Waals surface area (Å²) in [5.41, 5.74) is 0.818. The molecule has 2 aromatic carbocycles. The summed E-state index contributed by atoms with van der Waals surface area (Å²) in [6.07, 6.45) is -4.36. The van der Waals surface area contributed by atoms with Gasteiger partial charge in [-0.05, 0) is 36.8 Å². The molecule has 2 rings (SSSR count). The van der Waals surface area contributed by atoms with Gasteiger partial charge >= 0.3 is 6.18 Å². The highest BCUT2D eigenvalue weighted by molar-refractivity contribution is 5.51. The maximum Gasteiger partial charge on any atom is 0.416 e. The van der Waals surface area contributed by atoms with Gasteiger partial charge in [-0.15, -0.1) is 0 Å². The standard InChI is InChI=1S/C15H13F4N/c1-10-13(16)6-3-7-14(10)20-9-11-4-2-5-12(8-11)15(17,18)19/h2-8,20H,9H2,1H3. The van der Waals surface area contributed by atoms with Crippen molar-refractivity contribution in [1.82, 2.24) is 0 Å². The number of alkyl halides is 3. The largest absolute Gasteiger partial charge is 0.416 e. The minimum atomic E-state index is -4.36. The summed E-state index contributed by atoms with van der Waals surface area (Å²) in [7, 11) is 0. The van der Waals surface area contributed by atoms with Gasteiger partial charge in [0.15, 0.2) is 0 Å². The van der Waals surface area contributed by atoms with Crippen LogP contribution >= 0.6 is 0 Å². The minimum absolute atomic E-state index is 0.203. The van der Waals surface area contributed by atoms with Crippen LogP contribution in [0.2, 0.25) is 0 Å². The zero-order valence-electron chi connectivity index (χ0n) is 10.8. The third-order valence-corrected chi connectivity index (χ3v) is 3.00. The van der Waals surface area contributed by atoms with Crippen LogP contribution in [-0.4, -0.2) is 0 Å². The molecule has 1 N–H and O–H groups in total. The normalized spacial score (nSPS) is 11.4. The summed E-state index contributed by atoms with van der Waals surface area (Å²) in [5.74, 6) is -0.348. The van der Waals surface area contributed by atoms with E-state index in [1.165, 1.54) is 12.1 Å². The molecule has 0 radical (unpaired) electrons. The first-order chi connectivity index (χ1) is 9.38. The summed E-state index contributed by atoms with van der Waals surface area (Å²) in [6, 6.07) is 9.64. The van der Waals surface area contributed by atoms with Crippen molar-refractivity contribution in [3.63, 3.8) is 0 Å².